The lowest BCUT2D eigenvalue weighted by molar-refractivity contribution is -0.122. The summed E-state index contributed by atoms with van der Waals surface area (Å²) in [4.78, 5) is 11.1. The van der Waals surface area contributed by atoms with Crippen molar-refractivity contribution in [2.75, 3.05) is 0 Å². The molecule has 1 atom stereocenters. The maximum absolute atomic E-state index is 11.1. The Hall–Kier alpha value is -2.14. The summed E-state index contributed by atoms with van der Waals surface area (Å²) in [6.45, 7) is 2.38. The molecule has 0 fully saturated rings. The van der Waals surface area contributed by atoms with Gasteiger partial charge in [-0.2, -0.15) is 5.10 Å². The molecule has 4 N–H and O–H groups in total. The van der Waals surface area contributed by atoms with Crippen LogP contribution in [0.5, 0.6) is 0 Å². The molecule has 1 aromatic heterocycles. The van der Waals surface area contributed by atoms with Gasteiger partial charge in [-0.3, -0.25) is 9.48 Å². The van der Waals surface area contributed by atoms with Gasteiger partial charge >= 0.3 is 0 Å². The van der Waals surface area contributed by atoms with Crippen molar-refractivity contribution in [3.05, 3.63) is 42.7 Å². The van der Waals surface area contributed by atoms with E-state index in [1.165, 1.54) is 0 Å². The molecule has 0 bridgehead atoms. The summed E-state index contributed by atoms with van der Waals surface area (Å²) < 4.78 is 1.86. The van der Waals surface area contributed by atoms with Crippen molar-refractivity contribution >= 4 is 5.91 Å². The Kier molecular flexibility index (Phi) is 4.20. The number of amides is 1. The van der Waals surface area contributed by atoms with Crippen LogP contribution in [-0.2, 0) is 11.3 Å². The van der Waals surface area contributed by atoms with E-state index >= 15 is 0 Å². The van der Waals surface area contributed by atoms with E-state index in [9.17, 15) is 4.79 Å². The summed E-state index contributed by atoms with van der Waals surface area (Å²) in [5.41, 5.74) is 12.3. The summed E-state index contributed by atoms with van der Waals surface area (Å²) >= 11 is 0. The number of aromatic nitrogens is 2. The number of primary amides is 1. The third kappa shape index (κ3) is 3.45. The quantitative estimate of drug-likeness (QED) is 0.836. The van der Waals surface area contributed by atoms with Crippen molar-refractivity contribution in [3.63, 3.8) is 0 Å². The first-order valence-corrected chi connectivity index (χ1v) is 6.66. The molecule has 1 unspecified atom stereocenters. The van der Waals surface area contributed by atoms with Crippen LogP contribution in [0.4, 0.5) is 0 Å². The maximum atomic E-state index is 11.1. The Labute approximate surface area is 118 Å². The van der Waals surface area contributed by atoms with Crippen LogP contribution in [0.2, 0.25) is 0 Å². The van der Waals surface area contributed by atoms with Gasteiger partial charge in [-0.05, 0) is 25.3 Å². The van der Waals surface area contributed by atoms with Crippen LogP contribution in [0.15, 0.2) is 42.7 Å². The van der Waals surface area contributed by atoms with Gasteiger partial charge < -0.3 is 11.5 Å². The monoisotopic (exact) mass is 272 g/mol. The first kappa shape index (κ1) is 14.3. The lowest BCUT2D eigenvalue weighted by atomic mass is 9.96. The van der Waals surface area contributed by atoms with Crippen molar-refractivity contribution in [1.82, 2.24) is 9.78 Å². The van der Waals surface area contributed by atoms with E-state index in [0.717, 1.165) is 17.5 Å². The van der Waals surface area contributed by atoms with E-state index in [2.05, 4.69) is 5.10 Å². The minimum Gasteiger partial charge on any atom is -0.368 e. The Morgan fingerprint density at radius 3 is 2.65 bits per heavy atom. The van der Waals surface area contributed by atoms with Crippen LogP contribution in [0.25, 0.3) is 11.1 Å². The highest BCUT2D eigenvalue weighted by atomic mass is 16.1. The van der Waals surface area contributed by atoms with E-state index in [0.29, 0.717) is 13.0 Å². The minimum atomic E-state index is -0.949. The van der Waals surface area contributed by atoms with Crippen molar-refractivity contribution in [1.29, 1.82) is 0 Å². The zero-order chi connectivity index (χ0) is 14.6. The van der Waals surface area contributed by atoms with Crippen molar-refractivity contribution < 1.29 is 4.79 Å². The summed E-state index contributed by atoms with van der Waals surface area (Å²) in [5, 5.41) is 4.32. The third-order valence-corrected chi connectivity index (χ3v) is 3.39. The van der Waals surface area contributed by atoms with E-state index in [1.54, 1.807) is 6.92 Å². The SMILES string of the molecule is CC(N)(CCCn1cc(-c2ccccc2)cn1)C(N)=O. The van der Waals surface area contributed by atoms with Crippen molar-refractivity contribution in [2.24, 2.45) is 11.5 Å². The van der Waals surface area contributed by atoms with Gasteiger partial charge in [-0.25, -0.2) is 0 Å². The molecule has 5 nitrogen and oxygen atoms in total. The molecule has 1 aromatic carbocycles. The van der Waals surface area contributed by atoms with Crippen LogP contribution in [0, 0.1) is 0 Å². The van der Waals surface area contributed by atoms with Crippen LogP contribution in [-0.4, -0.2) is 21.2 Å². The normalized spacial score (nSPS) is 13.9. The number of carbonyl (C=O) groups excluding carboxylic acids is 1. The van der Waals surface area contributed by atoms with Crippen molar-refractivity contribution in [3.8, 4) is 11.1 Å². The first-order valence-electron chi connectivity index (χ1n) is 6.66. The minimum absolute atomic E-state index is 0.470. The van der Waals surface area contributed by atoms with Gasteiger partial charge in [0.05, 0.1) is 11.7 Å². The number of carbonyl (C=O) groups is 1. The topological polar surface area (TPSA) is 86.9 Å². The standard InChI is InChI=1S/C15H20N4O/c1-15(17,14(16)20)8-5-9-19-11-13(10-18-19)12-6-3-2-4-7-12/h2-4,6-7,10-11H,5,8-9,17H2,1H3,(H2,16,20). The fourth-order valence-corrected chi connectivity index (χ4v) is 2.00. The Balaban J connectivity index is 1.93. The first-order chi connectivity index (χ1) is 9.49. The largest absolute Gasteiger partial charge is 0.368 e. The number of nitrogens with zero attached hydrogens (tertiary/aromatic N) is 2. The second-order valence-corrected chi connectivity index (χ2v) is 5.24. The summed E-state index contributed by atoms with van der Waals surface area (Å²) in [6, 6.07) is 10.1. The van der Waals surface area contributed by atoms with Gasteiger partial charge in [0.2, 0.25) is 5.91 Å². The molecule has 0 aliphatic rings. The van der Waals surface area contributed by atoms with Crippen LogP contribution in [0.1, 0.15) is 19.8 Å². The number of aryl methyl sites for hydroxylation is 1. The van der Waals surface area contributed by atoms with Gasteiger partial charge in [-0.15, -0.1) is 0 Å². The molecule has 0 spiro atoms. The molecule has 0 saturated carbocycles. The Morgan fingerprint density at radius 1 is 1.30 bits per heavy atom. The highest BCUT2D eigenvalue weighted by Crippen LogP contribution is 2.18. The molecule has 0 saturated heterocycles. The Morgan fingerprint density at radius 2 is 2.00 bits per heavy atom. The smallest absolute Gasteiger partial charge is 0.237 e. The molecule has 1 heterocycles. The van der Waals surface area contributed by atoms with Gasteiger partial charge in [0, 0.05) is 18.3 Å². The predicted molar refractivity (Wildman–Crippen MR) is 78.7 cm³/mol. The van der Waals surface area contributed by atoms with Crippen molar-refractivity contribution in [2.45, 2.75) is 31.8 Å². The molecular formula is C15H20N4O. The molecule has 5 heteroatoms. The molecule has 0 aliphatic carbocycles. The zero-order valence-electron chi connectivity index (χ0n) is 11.6. The number of benzene rings is 1. The molecule has 20 heavy (non-hydrogen) atoms. The van der Waals surface area contributed by atoms with E-state index in [1.807, 2.05) is 47.4 Å². The lowest BCUT2D eigenvalue weighted by Gasteiger charge is -2.19. The number of rotatable bonds is 6. The highest BCUT2D eigenvalue weighted by molar-refractivity contribution is 5.83. The predicted octanol–water partition coefficient (Wildman–Crippen LogP) is 1.53. The molecule has 0 aliphatic heterocycles. The fraction of sp³-hybridized carbons (Fsp3) is 0.333. The number of nitrogens with two attached hydrogens (primary N) is 2. The molecule has 2 aromatic rings. The van der Waals surface area contributed by atoms with Crippen LogP contribution >= 0.6 is 0 Å². The zero-order valence-corrected chi connectivity index (χ0v) is 11.6. The second kappa shape index (κ2) is 5.88. The number of hydrogen-bond acceptors (Lipinski definition) is 3. The maximum Gasteiger partial charge on any atom is 0.237 e. The molecular weight excluding hydrogens is 252 g/mol. The summed E-state index contributed by atoms with van der Waals surface area (Å²) in [6.07, 6.45) is 5.13. The molecule has 2 rings (SSSR count). The van der Waals surface area contributed by atoms with Gasteiger partial charge in [0.25, 0.3) is 0 Å². The van der Waals surface area contributed by atoms with Gasteiger partial charge in [-0.1, -0.05) is 30.3 Å². The Bertz CT molecular complexity index is 575. The van der Waals surface area contributed by atoms with Crippen LogP contribution < -0.4 is 11.5 Å². The molecule has 106 valence electrons. The fourth-order valence-electron chi connectivity index (χ4n) is 2.00. The summed E-state index contributed by atoms with van der Waals surface area (Å²) in [5.74, 6) is -0.470. The molecule has 0 radical (unpaired) electrons. The average molecular weight is 272 g/mol. The average Bonchev–Trinajstić information content (AvgIpc) is 2.88. The van der Waals surface area contributed by atoms with Gasteiger partial charge in [0.1, 0.15) is 0 Å². The van der Waals surface area contributed by atoms with Gasteiger partial charge in [0.15, 0.2) is 0 Å². The summed E-state index contributed by atoms with van der Waals surface area (Å²) in [7, 11) is 0. The highest BCUT2D eigenvalue weighted by Gasteiger charge is 2.24. The molecule has 1 amide bonds. The van der Waals surface area contributed by atoms with E-state index in [-0.39, 0.29) is 0 Å². The lowest BCUT2D eigenvalue weighted by Crippen LogP contribution is -2.49. The van der Waals surface area contributed by atoms with E-state index in [4.69, 9.17) is 11.5 Å². The van der Waals surface area contributed by atoms with Crippen LogP contribution in [0.3, 0.4) is 0 Å². The second-order valence-electron chi connectivity index (χ2n) is 5.24. The van der Waals surface area contributed by atoms with E-state index < -0.39 is 11.4 Å². The third-order valence-electron chi connectivity index (χ3n) is 3.39. The number of hydrogen-bond donors (Lipinski definition) is 2.